The fourth-order valence-corrected chi connectivity index (χ4v) is 2.79. The maximum absolute atomic E-state index is 12.0. The number of carbonyl (C=O) groups is 1. The summed E-state index contributed by atoms with van der Waals surface area (Å²) in [7, 11) is 2.01. The van der Waals surface area contributed by atoms with E-state index in [0.717, 1.165) is 51.6 Å². The van der Waals surface area contributed by atoms with Crippen molar-refractivity contribution in [3.05, 3.63) is 0 Å². The molecule has 4 heteroatoms. The molecule has 2 N–H and O–H groups in total. The molecule has 1 heterocycles. The van der Waals surface area contributed by atoms with Crippen molar-refractivity contribution in [2.24, 2.45) is 5.92 Å². The molecule has 2 aliphatic rings. The molecule has 112 valence electrons. The summed E-state index contributed by atoms with van der Waals surface area (Å²) in [5.74, 6) is 0.178. The molecule has 2 fully saturated rings. The van der Waals surface area contributed by atoms with Crippen molar-refractivity contribution in [2.75, 3.05) is 20.1 Å². The molecule has 0 radical (unpaired) electrons. The Labute approximate surface area is 117 Å². The molecule has 0 bridgehead atoms. The molecule has 2 rings (SSSR count). The number of esters is 1. The predicted octanol–water partition coefficient (Wildman–Crippen LogP) is 2.09. The van der Waals surface area contributed by atoms with Crippen LogP contribution >= 0.6 is 0 Å². The van der Waals surface area contributed by atoms with Crippen molar-refractivity contribution < 1.29 is 9.53 Å². The van der Waals surface area contributed by atoms with E-state index >= 15 is 0 Å². The van der Waals surface area contributed by atoms with E-state index in [-0.39, 0.29) is 18.0 Å². The first kappa shape index (κ1) is 16.4. The highest BCUT2D eigenvalue weighted by molar-refractivity contribution is 5.72. The summed E-state index contributed by atoms with van der Waals surface area (Å²) < 4.78 is 5.63. The van der Waals surface area contributed by atoms with Crippen LogP contribution in [0.3, 0.4) is 0 Å². The third-order valence-corrected chi connectivity index (χ3v) is 4.04. The van der Waals surface area contributed by atoms with Crippen LogP contribution in [0.25, 0.3) is 0 Å². The number of nitrogens with one attached hydrogen (secondary N) is 2. The number of hydrogen-bond acceptors (Lipinski definition) is 4. The smallest absolute Gasteiger partial charge is 0.309 e. The van der Waals surface area contributed by atoms with Crippen molar-refractivity contribution in [2.45, 2.75) is 64.5 Å². The fourth-order valence-electron chi connectivity index (χ4n) is 2.79. The van der Waals surface area contributed by atoms with E-state index in [9.17, 15) is 4.79 Å². The SMILES string of the molecule is CC.CNC1CCC(OC(=O)C2CCNCC2)CC1. The van der Waals surface area contributed by atoms with Gasteiger partial charge in [0.25, 0.3) is 0 Å². The lowest BCUT2D eigenvalue weighted by molar-refractivity contribution is -0.156. The van der Waals surface area contributed by atoms with Crippen LogP contribution in [-0.4, -0.2) is 38.3 Å². The van der Waals surface area contributed by atoms with Crippen LogP contribution in [0.1, 0.15) is 52.4 Å². The van der Waals surface area contributed by atoms with Crippen LogP contribution in [0.4, 0.5) is 0 Å². The van der Waals surface area contributed by atoms with Crippen LogP contribution in [0.15, 0.2) is 0 Å². The van der Waals surface area contributed by atoms with Gasteiger partial charge in [-0.1, -0.05) is 13.8 Å². The van der Waals surface area contributed by atoms with Gasteiger partial charge in [-0.25, -0.2) is 0 Å². The van der Waals surface area contributed by atoms with Crippen molar-refractivity contribution in [3.63, 3.8) is 0 Å². The van der Waals surface area contributed by atoms with Gasteiger partial charge >= 0.3 is 5.97 Å². The van der Waals surface area contributed by atoms with E-state index in [2.05, 4.69) is 10.6 Å². The third kappa shape index (κ3) is 5.49. The van der Waals surface area contributed by atoms with Gasteiger partial charge in [0, 0.05) is 6.04 Å². The summed E-state index contributed by atoms with van der Waals surface area (Å²) in [6.45, 7) is 5.90. The summed E-state index contributed by atoms with van der Waals surface area (Å²) in [5.41, 5.74) is 0. The zero-order chi connectivity index (χ0) is 14.1. The molecule has 0 amide bonds. The molecule has 0 aromatic heterocycles. The Hall–Kier alpha value is -0.610. The Kier molecular flexibility index (Phi) is 8.07. The van der Waals surface area contributed by atoms with Gasteiger partial charge < -0.3 is 15.4 Å². The monoisotopic (exact) mass is 270 g/mol. The molecule has 0 spiro atoms. The quantitative estimate of drug-likeness (QED) is 0.771. The number of rotatable bonds is 3. The highest BCUT2D eigenvalue weighted by Gasteiger charge is 2.27. The molecule has 0 aromatic carbocycles. The van der Waals surface area contributed by atoms with Gasteiger partial charge in [-0.2, -0.15) is 0 Å². The summed E-state index contributed by atoms with van der Waals surface area (Å²) in [4.78, 5) is 12.0. The van der Waals surface area contributed by atoms with Crippen LogP contribution in [0.5, 0.6) is 0 Å². The van der Waals surface area contributed by atoms with E-state index in [1.54, 1.807) is 0 Å². The molecule has 0 atom stereocenters. The third-order valence-electron chi connectivity index (χ3n) is 4.04. The second-order valence-electron chi connectivity index (χ2n) is 5.22. The summed E-state index contributed by atoms with van der Waals surface area (Å²) in [6.07, 6.45) is 6.32. The zero-order valence-corrected chi connectivity index (χ0v) is 12.7. The van der Waals surface area contributed by atoms with E-state index in [1.165, 1.54) is 0 Å². The highest BCUT2D eigenvalue weighted by atomic mass is 16.5. The molecule has 1 saturated carbocycles. The van der Waals surface area contributed by atoms with E-state index in [4.69, 9.17) is 4.74 Å². The average Bonchev–Trinajstić information content (AvgIpc) is 2.51. The maximum atomic E-state index is 12.0. The molecule has 1 aliphatic heterocycles. The van der Waals surface area contributed by atoms with Crippen LogP contribution in [0, 0.1) is 5.92 Å². The second-order valence-corrected chi connectivity index (χ2v) is 5.22. The number of hydrogen-bond donors (Lipinski definition) is 2. The van der Waals surface area contributed by atoms with Crippen molar-refractivity contribution in [3.8, 4) is 0 Å². The molecule has 4 nitrogen and oxygen atoms in total. The highest BCUT2D eigenvalue weighted by Crippen LogP contribution is 2.23. The van der Waals surface area contributed by atoms with Crippen molar-refractivity contribution in [1.29, 1.82) is 0 Å². The molecule has 0 unspecified atom stereocenters. The second kappa shape index (κ2) is 9.32. The Bertz CT molecular complexity index is 245. The first-order valence-corrected chi connectivity index (χ1v) is 7.88. The minimum atomic E-state index is 0.0411. The molecular formula is C15H30N2O2. The number of ether oxygens (including phenoxy) is 1. The first-order chi connectivity index (χ1) is 9.29. The maximum Gasteiger partial charge on any atom is 0.309 e. The fraction of sp³-hybridized carbons (Fsp3) is 0.933. The predicted molar refractivity (Wildman–Crippen MR) is 78.1 cm³/mol. The average molecular weight is 270 g/mol. The van der Waals surface area contributed by atoms with E-state index in [0.29, 0.717) is 6.04 Å². The number of carbonyl (C=O) groups excluding carboxylic acids is 1. The van der Waals surface area contributed by atoms with Gasteiger partial charge in [-0.15, -0.1) is 0 Å². The standard InChI is InChI=1S/C13H24N2O2.C2H6/c1-14-11-2-4-12(5-3-11)17-13(16)10-6-8-15-9-7-10;1-2/h10-12,14-15H,2-9H2,1H3;1-2H3. The summed E-state index contributed by atoms with van der Waals surface area (Å²) >= 11 is 0. The van der Waals surface area contributed by atoms with E-state index < -0.39 is 0 Å². The zero-order valence-electron chi connectivity index (χ0n) is 12.7. The molecule has 1 aliphatic carbocycles. The molecular weight excluding hydrogens is 240 g/mol. The van der Waals surface area contributed by atoms with Gasteiger partial charge in [0.15, 0.2) is 0 Å². The normalized spacial score (nSPS) is 28.2. The molecule has 0 aromatic rings. The van der Waals surface area contributed by atoms with Crippen LogP contribution in [0.2, 0.25) is 0 Å². The van der Waals surface area contributed by atoms with Crippen molar-refractivity contribution in [1.82, 2.24) is 10.6 Å². The van der Waals surface area contributed by atoms with E-state index in [1.807, 2.05) is 20.9 Å². The Morgan fingerprint density at radius 2 is 1.63 bits per heavy atom. The van der Waals surface area contributed by atoms with Crippen LogP contribution in [-0.2, 0) is 9.53 Å². The number of piperidine rings is 1. The van der Waals surface area contributed by atoms with Gasteiger partial charge in [0.1, 0.15) is 6.10 Å². The Balaban J connectivity index is 0.000000861. The van der Waals surface area contributed by atoms with Crippen molar-refractivity contribution >= 4 is 5.97 Å². The Morgan fingerprint density at radius 1 is 1.05 bits per heavy atom. The van der Waals surface area contributed by atoms with Gasteiger partial charge in [-0.3, -0.25) is 4.79 Å². The lowest BCUT2D eigenvalue weighted by atomic mass is 9.92. The summed E-state index contributed by atoms with van der Waals surface area (Å²) in [6, 6.07) is 0.615. The summed E-state index contributed by atoms with van der Waals surface area (Å²) in [5, 5.41) is 6.56. The van der Waals surface area contributed by atoms with Gasteiger partial charge in [-0.05, 0) is 58.7 Å². The minimum absolute atomic E-state index is 0.0411. The first-order valence-electron chi connectivity index (χ1n) is 7.88. The lowest BCUT2D eigenvalue weighted by Gasteiger charge is -2.30. The molecule has 19 heavy (non-hydrogen) atoms. The minimum Gasteiger partial charge on any atom is -0.462 e. The van der Waals surface area contributed by atoms with Gasteiger partial charge in [0.2, 0.25) is 0 Å². The largest absolute Gasteiger partial charge is 0.462 e. The lowest BCUT2D eigenvalue weighted by Crippen LogP contribution is -2.37. The van der Waals surface area contributed by atoms with Gasteiger partial charge in [0.05, 0.1) is 5.92 Å². The molecule has 1 saturated heterocycles. The van der Waals surface area contributed by atoms with Crippen LogP contribution < -0.4 is 10.6 Å². The topological polar surface area (TPSA) is 50.4 Å². The Morgan fingerprint density at radius 3 is 2.16 bits per heavy atom.